The number of halogens is 3. The topological polar surface area (TPSA) is 174 Å². The van der Waals surface area contributed by atoms with Gasteiger partial charge in [0.15, 0.2) is 0 Å². The van der Waals surface area contributed by atoms with Crippen molar-refractivity contribution >= 4 is 29.8 Å². The van der Waals surface area contributed by atoms with Gasteiger partial charge in [-0.1, -0.05) is 54.6 Å². The van der Waals surface area contributed by atoms with Gasteiger partial charge in [-0.25, -0.2) is 9.59 Å². The molecular formula is C27H33F3N4O7. The third-order valence-corrected chi connectivity index (χ3v) is 4.95. The van der Waals surface area contributed by atoms with E-state index in [2.05, 4.69) is 21.3 Å². The number of carboxylic acids is 2. The Bertz CT molecular complexity index is 1180. The number of carbonyl (C=O) groups is 5. The molecule has 41 heavy (non-hydrogen) atoms. The number of urea groups is 1. The predicted molar refractivity (Wildman–Crippen MR) is 143 cm³/mol. The van der Waals surface area contributed by atoms with E-state index in [0.717, 1.165) is 11.1 Å². The molecule has 0 spiro atoms. The molecule has 4 amide bonds. The van der Waals surface area contributed by atoms with Crippen LogP contribution in [0.1, 0.15) is 45.2 Å². The van der Waals surface area contributed by atoms with Crippen LogP contribution in [0.2, 0.25) is 0 Å². The van der Waals surface area contributed by atoms with Gasteiger partial charge in [-0.05, 0) is 37.5 Å². The molecule has 0 radical (unpaired) electrons. The molecule has 2 aromatic carbocycles. The van der Waals surface area contributed by atoms with Crippen molar-refractivity contribution in [3.8, 4) is 11.1 Å². The molecule has 2 aromatic rings. The Morgan fingerprint density at radius 1 is 0.805 bits per heavy atom. The van der Waals surface area contributed by atoms with Crippen molar-refractivity contribution in [3.63, 3.8) is 0 Å². The number of rotatable bonds is 10. The molecule has 0 heterocycles. The fourth-order valence-electron chi connectivity index (χ4n) is 3.15. The molecule has 224 valence electrons. The number of benzene rings is 2. The zero-order valence-electron chi connectivity index (χ0n) is 22.7. The van der Waals surface area contributed by atoms with Crippen LogP contribution in [-0.2, 0) is 19.2 Å². The number of alkyl halides is 3. The van der Waals surface area contributed by atoms with E-state index in [1.165, 1.54) is 0 Å². The summed E-state index contributed by atoms with van der Waals surface area (Å²) < 4.78 is 31.7. The van der Waals surface area contributed by atoms with Crippen LogP contribution in [0.5, 0.6) is 0 Å². The monoisotopic (exact) mass is 582 g/mol. The Labute approximate surface area is 234 Å². The van der Waals surface area contributed by atoms with Crippen molar-refractivity contribution in [3.05, 3.63) is 60.2 Å². The van der Waals surface area contributed by atoms with Gasteiger partial charge in [-0.15, -0.1) is 0 Å². The minimum Gasteiger partial charge on any atom is -0.481 e. The van der Waals surface area contributed by atoms with E-state index in [0.29, 0.717) is 5.56 Å². The molecule has 14 heteroatoms. The molecule has 1 atom stereocenters. The third kappa shape index (κ3) is 14.9. The summed E-state index contributed by atoms with van der Waals surface area (Å²) in [5, 5.41) is 26.8. The fraction of sp³-hybridized carbons (Fsp3) is 0.370. The average Bonchev–Trinajstić information content (AvgIpc) is 2.86. The summed E-state index contributed by atoms with van der Waals surface area (Å²) in [6.07, 6.45) is -5.37. The SMILES string of the molecule is CC(C)(C)NC(=O)NCCC(=O)NCC(=O)NC(CC(=O)O)c1ccc(-c2ccccc2)cc1.O=C(O)C(F)(F)F. The Balaban J connectivity index is 0.00000106. The van der Waals surface area contributed by atoms with Crippen LogP contribution in [0, 0.1) is 0 Å². The van der Waals surface area contributed by atoms with Crippen molar-refractivity contribution in [2.75, 3.05) is 13.1 Å². The van der Waals surface area contributed by atoms with Gasteiger partial charge >= 0.3 is 24.1 Å². The van der Waals surface area contributed by atoms with E-state index in [-0.39, 0.29) is 32.0 Å². The minimum atomic E-state index is -5.08. The van der Waals surface area contributed by atoms with Gasteiger partial charge in [0.1, 0.15) is 0 Å². The van der Waals surface area contributed by atoms with Gasteiger partial charge < -0.3 is 31.5 Å². The second-order valence-electron chi connectivity index (χ2n) is 9.67. The molecule has 1 unspecified atom stereocenters. The highest BCUT2D eigenvalue weighted by Gasteiger charge is 2.38. The number of carboxylic acid groups (broad SMARTS) is 2. The zero-order valence-corrected chi connectivity index (χ0v) is 22.7. The summed E-state index contributed by atoms with van der Waals surface area (Å²) in [5.74, 6) is -4.73. The first-order valence-electron chi connectivity index (χ1n) is 12.3. The molecule has 0 aromatic heterocycles. The first-order chi connectivity index (χ1) is 19.0. The summed E-state index contributed by atoms with van der Waals surface area (Å²) in [6, 6.07) is 15.9. The quantitative estimate of drug-likeness (QED) is 0.249. The molecule has 0 aliphatic carbocycles. The number of amides is 4. The van der Waals surface area contributed by atoms with Crippen LogP contribution in [0.4, 0.5) is 18.0 Å². The Morgan fingerprint density at radius 3 is 1.83 bits per heavy atom. The summed E-state index contributed by atoms with van der Waals surface area (Å²) in [5.41, 5.74) is 2.26. The third-order valence-electron chi connectivity index (χ3n) is 4.95. The summed E-state index contributed by atoms with van der Waals surface area (Å²) in [4.78, 5) is 56.2. The lowest BCUT2D eigenvalue weighted by Gasteiger charge is -2.20. The standard InChI is InChI=1S/C25H32N4O5.C2HF3O2/c1-25(2,3)29-24(34)26-14-13-21(30)27-16-22(31)28-20(15-23(32)33)19-11-9-18(10-12-19)17-7-5-4-6-8-17;3-2(4,5)1(6)7/h4-12,20H,13-16H2,1-3H3,(H,27,30)(H,28,31)(H,32,33)(H2,26,29,34);(H,6,7). The van der Waals surface area contributed by atoms with E-state index >= 15 is 0 Å². The first-order valence-corrected chi connectivity index (χ1v) is 12.3. The maximum atomic E-state index is 12.3. The van der Waals surface area contributed by atoms with Gasteiger partial charge in [-0.2, -0.15) is 13.2 Å². The number of nitrogens with one attached hydrogen (secondary N) is 4. The van der Waals surface area contributed by atoms with Crippen molar-refractivity contribution < 1.29 is 47.4 Å². The maximum Gasteiger partial charge on any atom is 0.490 e. The van der Waals surface area contributed by atoms with E-state index in [1.54, 1.807) is 12.1 Å². The fourth-order valence-corrected chi connectivity index (χ4v) is 3.15. The smallest absolute Gasteiger partial charge is 0.481 e. The van der Waals surface area contributed by atoms with Gasteiger partial charge in [-0.3, -0.25) is 14.4 Å². The van der Waals surface area contributed by atoms with Crippen molar-refractivity contribution in [2.45, 2.75) is 51.4 Å². The van der Waals surface area contributed by atoms with Gasteiger partial charge in [0.25, 0.3) is 0 Å². The molecule has 0 fully saturated rings. The number of hydrogen-bond donors (Lipinski definition) is 6. The van der Waals surface area contributed by atoms with E-state index in [1.807, 2.05) is 63.2 Å². The normalized spacial score (nSPS) is 11.7. The lowest BCUT2D eigenvalue weighted by Crippen LogP contribution is -2.47. The summed E-state index contributed by atoms with van der Waals surface area (Å²) in [6.45, 7) is 5.34. The van der Waals surface area contributed by atoms with E-state index in [4.69, 9.17) is 9.90 Å². The van der Waals surface area contributed by atoms with Crippen molar-refractivity contribution in [1.29, 1.82) is 0 Å². The number of aliphatic carboxylic acids is 2. The van der Waals surface area contributed by atoms with Crippen LogP contribution in [-0.4, -0.2) is 64.8 Å². The van der Waals surface area contributed by atoms with Gasteiger partial charge in [0.05, 0.1) is 19.0 Å². The summed E-state index contributed by atoms with van der Waals surface area (Å²) >= 11 is 0. The highest BCUT2D eigenvalue weighted by Crippen LogP contribution is 2.23. The maximum absolute atomic E-state index is 12.3. The number of hydrogen-bond acceptors (Lipinski definition) is 5. The zero-order chi connectivity index (χ0) is 31.2. The molecule has 6 N–H and O–H groups in total. The van der Waals surface area contributed by atoms with Crippen LogP contribution >= 0.6 is 0 Å². The van der Waals surface area contributed by atoms with Crippen molar-refractivity contribution in [1.82, 2.24) is 21.3 Å². The van der Waals surface area contributed by atoms with Crippen molar-refractivity contribution in [2.24, 2.45) is 0 Å². The molecule has 0 bridgehead atoms. The van der Waals surface area contributed by atoms with E-state index < -0.39 is 41.5 Å². The second-order valence-corrected chi connectivity index (χ2v) is 9.67. The Hall–Kier alpha value is -4.62. The van der Waals surface area contributed by atoms with Crippen LogP contribution in [0.3, 0.4) is 0 Å². The first kappa shape index (κ1) is 34.4. The molecule has 0 aliphatic heterocycles. The molecule has 11 nitrogen and oxygen atoms in total. The minimum absolute atomic E-state index is 0.00431. The summed E-state index contributed by atoms with van der Waals surface area (Å²) in [7, 11) is 0. The lowest BCUT2D eigenvalue weighted by molar-refractivity contribution is -0.192. The molecule has 2 rings (SSSR count). The largest absolute Gasteiger partial charge is 0.490 e. The van der Waals surface area contributed by atoms with Gasteiger partial charge in [0, 0.05) is 18.5 Å². The van der Waals surface area contributed by atoms with Crippen LogP contribution in [0.15, 0.2) is 54.6 Å². The average molecular weight is 583 g/mol. The van der Waals surface area contributed by atoms with Crippen LogP contribution in [0.25, 0.3) is 11.1 Å². The highest BCUT2D eigenvalue weighted by atomic mass is 19.4. The lowest BCUT2D eigenvalue weighted by atomic mass is 9.99. The Kier molecular flexibility index (Phi) is 13.3. The Morgan fingerprint density at radius 2 is 1.34 bits per heavy atom. The van der Waals surface area contributed by atoms with Crippen LogP contribution < -0.4 is 21.3 Å². The van der Waals surface area contributed by atoms with Gasteiger partial charge in [0.2, 0.25) is 11.8 Å². The molecule has 0 aliphatic rings. The molecular weight excluding hydrogens is 549 g/mol. The highest BCUT2D eigenvalue weighted by molar-refractivity contribution is 5.85. The molecule has 0 saturated carbocycles. The second kappa shape index (κ2) is 15.8. The van der Waals surface area contributed by atoms with E-state index in [9.17, 15) is 37.5 Å². The predicted octanol–water partition coefficient (Wildman–Crippen LogP) is 3.22. The number of carbonyl (C=O) groups excluding carboxylic acids is 3. The molecule has 0 saturated heterocycles.